The molecule has 0 aliphatic rings. The topological polar surface area (TPSA) is 68.1 Å². The van der Waals surface area contributed by atoms with Crippen LogP contribution < -0.4 is 18.1 Å². The van der Waals surface area contributed by atoms with E-state index < -0.39 is 18.0 Å². The molecule has 0 aromatic heterocycles. The predicted octanol–water partition coefficient (Wildman–Crippen LogP) is -4.14. The zero-order valence-electron chi connectivity index (χ0n) is 5.69. The predicted molar refractivity (Wildman–Crippen MR) is 25.6 cm³/mol. The summed E-state index contributed by atoms with van der Waals surface area (Å²) in [4.78, 5) is 0. The van der Waals surface area contributed by atoms with Gasteiger partial charge in [-0.15, -0.1) is 0 Å². The van der Waals surface area contributed by atoms with Crippen LogP contribution in [0.15, 0.2) is 0 Å². The first kappa shape index (κ1) is 13.5. The quantitative estimate of drug-likeness (QED) is 0.372. The third-order valence-corrected chi connectivity index (χ3v) is 1.10. The van der Waals surface area contributed by atoms with E-state index in [1.54, 1.807) is 0 Å². The van der Waals surface area contributed by atoms with Gasteiger partial charge in [-0.3, -0.25) is 0 Å². The van der Waals surface area contributed by atoms with Gasteiger partial charge in [0.2, 0.25) is 0 Å². The van der Waals surface area contributed by atoms with Gasteiger partial charge in [-0.1, -0.05) is 0 Å². The monoisotopic (exact) mass is 195 g/mol. The average Bonchev–Trinajstić information content (AvgIpc) is 1.62. The van der Waals surface area contributed by atoms with E-state index in [4.69, 9.17) is 10.2 Å². The van der Waals surface area contributed by atoms with Crippen molar-refractivity contribution < 1.29 is 41.5 Å². The molecule has 0 unspecified atom stereocenters. The van der Waals surface area contributed by atoms with E-state index in [-0.39, 0.29) is 12.4 Å². The maximum absolute atomic E-state index is 11.5. The Balaban J connectivity index is 0. The molecule has 11 heavy (non-hydrogen) atoms. The van der Waals surface area contributed by atoms with E-state index in [1.165, 1.54) is 0 Å². The largest absolute Gasteiger partial charge is 1.00 e. The highest BCUT2D eigenvalue weighted by Crippen LogP contribution is 2.28. The van der Waals surface area contributed by atoms with Crippen molar-refractivity contribution in [1.29, 1.82) is 0 Å². The van der Waals surface area contributed by atoms with Crippen molar-refractivity contribution in [2.75, 3.05) is 0 Å². The van der Waals surface area contributed by atoms with Gasteiger partial charge in [0.1, 0.15) is 6.04 Å². The molecule has 0 spiro atoms. The van der Waals surface area contributed by atoms with Gasteiger partial charge in [0.05, 0.1) is 0 Å². The molecule has 70 valence electrons. The fraction of sp³-hybridized carbons (Fsp3) is 1.00. The van der Waals surface area contributed by atoms with Crippen LogP contribution in [0.5, 0.6) is 0 Å². The first-order valence-corrected chi connectivity index (χ1v) is 2.54. The molecule has 0 saturated carbocycles. The molecule has 0 radical (unpaired) electrons. The van der Waals surface area contributed by atoms with E-state index in [0.717, 1.165) is 6.92 Å². The first-order valence-electron chi connectivity index (χ1n) is 2.54. The zero-order valence-corrected chi connectivity index (χ0v) is 6.45. The fourth-order valence-corrected chi connectivity index (χ4v) is 0.279. The summed E-state index contributed by atoms with van der Waals surface area (Å²) in [6, 6.07) is -1.51. The Hall–Kier alpha value is -0.0400. The molecule has 0 aliphatic carbocycles. The van der Waals surface area contributed by atoms with Crippen molar-refractivity contribution in [3.05, 3.63) is 0 Å². The molecule has 0 saturated heterocycles. The van der Waals surface area contributed by atoms with Gasteiger partial charge in [-0.05, 0) is 6.92 Å². The van der Waals surface area contributed by atoms with Crippen LogP contribution in [0.1, 0.15) is 6.92 Å². The number of hydrogen-bond donors (Lipinski definition) is 3. The van der Waals surface area contributed by atoms with Crippen molar-refractivity contribution in [2.45, 2.75) is 24.9 Å². The number of aliphatic hydroxyl groups is 2. The number of rotatable bonds is 1. The number of alkyl halides is 3. The molecule has 0 bridgehead atoms. The minimum absolute atomic E-state index is 0. The third-order valence-electron chi connectivity index (χ3n) is 1.10. The van der Waals surface area contributed by atoms with Gasteiger partial charge in [0.15, 0.2) is 0 Å². The van der Waals surface area contributed by atoms with Crippen LogP contribution in [0.25, 0.3) is 0 Å². The minimum atomic E-state index is -5.03. The third kappa shape index (κ3) is 2.82. The van der Waals surface area contributed by atoms with E-state index >= 15 is 0 Å². The summed E-state index contributed by atoms with van der Waals surface area (Å²) in [5, 5.41) is 16.6. The highest BCUT2D eigenvalue weighted by Gasteiger charge is 2.57. The maximum Gasteiger partial charge on any atom is 0.449 e. The lowest BCUT2D eigenvalue weighted by Crippen LogP contribution is -3.00. The Morgan fingerprint density at radius 1 is 1.27 bits per heavy atom. The van der Waals surface area contributed by atoms with Crippen molar-refractivity contribution >= 4 is 0 Å². The van der Waals surface area contributed by atoms with Crippen LogP contribution in [0.2, 0.25) is 0 Å². The standard InChI is InChI=1S/C4H8F3NO2.ClH/c1-2(8)3(9,10)4(5,6)7;/h2,9-10H,8H2,1H3;1H/t2-;/m0./s1. The molecule has 0 rings (SSSR count). The van der Waals surface area contributed by atoms with Crippen molar-refractivity contribution in [1.82, 2.24) is 0 Å². The molecule has 0 aromatic rings. The second kappa shape index (κ2) is 3.57. The number of hydrogen-bond acceptors (Lipinski definition) is 2. The molecular weight excluding hydrogens is 186 g/mol. The van der Waals surface area contributed by atoms with E-state index in [0.29, 0.717) is 0 Å². The lowest BCUT2D eigenvalue weighted by atomic mass is 10.1. The van der Waals surface area contributed by atoms with Crippen LogP contribution in [-0.2, 0) is 0 Å². The van der Waals surface area contributed by atoms with Gasteiger partial charge in [-0.25, -0.2) is 0 Å². The normalized spacial score (nSPS) is 15.5. The van der Waals surface area contributed by atoms with E-state index in [9.17, 15) is 13.2 Å². The Morgan fingerprint density at radius 2 is 1.55 bits per heavy atom. The summed E-state index contributed by atoms with van der Waals surface area (Å²) in [6.45, 7) is 0.966. The molecule has 0 fully saturated rings. The highest BCUT2D eigenvalue weighted by atomic mass is 35.5. The van der Waals surface area contributed by atoms with Crippen LogP contribution in [-0.4, -0.2) is 28.2 Å². The summed E-state index contributed by atoms with van der Waals surface area (Å²) >= 11 is 0. The molecule has 0 aromatic carbocycles. The summed E-state index contributed by atoms with van der Waals surface area (Å²) in [5.74, 6) is -3.67. The fourth-order valence-electron chi connectivity index (χ4n) is 0.279. The second-order valence-corrected chi connectivity index (χ2v) is 2.12. The summed E-state index contributed by atoms with van der Waals surface area (Å²) in [6.07, 6.45) is -5.03. The molecule has 5 N–H and O–H groups in total. The first-order chi connectivity index (χ1) is 4.19. The van der Waals surface area contributed by atoms with Gasteiger partial charge < -0.3 is 28.4 Å². The Bertz CT molecular complexity index is 125. The lowest BCUT2D eigenvalue weighted by molar-refractivity contribution is -0.513. The molecule has 7 heteroatoms. The maximum atomic E-state index is 11.5. The van der Waals surface area contributed by atoms with Crippen molar-refractivity contribution in [2.24, 2.45) is 0 Å². The van der Waals surface area contributed by atoms with Gasteiger partial charge in [0, 0.05) is 0 Å². The van der Waals surface area contributed by atoms with Crippen LogP contribution in [0.4, 0.5) is 13.2 Å². The van der Waals surface area contributed by atoms with Gasteiger partial charge in [0.25, 0.3) is 0 Å². The molecule has 3 nitrogen and oxygen atoms in total. The van der Waals surface area contributed by atoms with Crippen LogP contribution in [0, 0.1) is 0 Å². The zero-order chi connectivity index (χ0) is 8.58. The van der Waals surface area contributed by atoms with Crippen LogP contribution in [0.3, 0.4) is 0 Å². The highest BCUT2D eigenvalue weighted by molar-refractivity contribution is 4.78. The minimum Gasteiger partial charge on any atom is -1.00 e. The SMILES string of the molecule is C[C@H]([NH3+])C(O)(O)C(F)(F)F.[Cl-]. The molecule has 0 aliphatic heterocycles. The Morgan fingerprint density at radius 3 is 1.55 bits per heavy atom. The lowest BCUT2D eigenvalue weighted by Gasteiger charge is -2.24. The Labute approximate surface area is 67.4 Å². The van der Waals surface area contributed by atoms with Crippen LogP contribution >= 0.6 is 0 Å². The number of quaternary nitrogens is 1. The smallest absolute Gasteiger partial charge is 0.449 e. The van der Waals surface area contributed by atoms with E-state index in [1.807, 2.05) is 0 Å². The van der Waals surface area contributed by atoms with Gasteiger partial charge >= 0.3 is 12.0 Å². The van der Waals surface area contributed by atoms with Crippen molar-refractivity contribution in [3.8, 4) is 0 Å². The summed E-state index contributed by atoms with van der Waals surface area (Å²) in [5.41, 5.74) is 2.86. The molecule has 0 amide bonds. The second-order valence-electron chi connectivity index (χ2n) is 2.12. The summed E-state index contributed by atoms with van der Waals surface area (Å²) in [7, 11) is 0. The Kier molecular flexibility index (Phi) is 4.40. The summed E-state index contributed by atoms with van der Waals surface area (Å²) < 4.78 is 34.6. The molecule has 1 atom stereocenters. The molecule has 0 heterocycles. The average molecular weight is 196 g/mol. The number of halogens is 4. The van der Waals surface area contributed by atoms with E-state index in [2.05, 4.69) is 5.73 Å². The van der Waals surface area contributed by atoms with Crippen molar-refractivity contribution in [3.63, 3.8) is 0 Å². The van der Waals surface area contributed by atoms with Gasteiger partial charge in [-0.2, -0.15) is 13.2 Å². The molecular formula is C4H9ClF3NO2.